The average molecular weight is 194 g/mol. The Morgan fingerprint density at radius 1 is 1.71 bits per heavy atom. The van der Waals surface area contributed by atoms with Gasteiger partial charge in [0.05, 0.1) is 13.1 Å². The first-order valence-electron chi connectivity index (χ1n) is 5.22. The average Bonchev–Trinajstić information content (AvgIpc) is 2.62. The molecule has 0 spiro atoms. The maximum absolute atomic E-state index is 11.4. The molecule has 1 unspecified atom stereocenters. The summed E-state index contributed by atoms with van der Waals surface area (Å²) < 4.78 is 0. The fourth-order valence-electron chi connectivity index (χ4n) is 1.96. The third kappa shape index (κ3) is 3.04. The highest BCUT2D eigenvalue weighted by molar-refractivity contribution is 5.78. The summed E-state index contributed by atoms with van der Waals surface area (Å²) in [6.07, 6.45) is 8.62. The lowest BCUT2D eigenvalue weighted by atomic mass is 10.2. The SMILES string of the molecule is C#CCNC(=O)CN1CCCC1CC. The Bertz CT molecular complexity index is 232. The van der Waals surface area contributed by atoms with Gasteiger partial charge in [0.2, 0.25) is 5.91 Å². The first-order chi connectivity index (χ1) is 6.77. The minimum atomic E-state index is 0.0447. The van der Waals surface area contributed by atoms with Crippen molar-refractivity contribution in [2.75, 3.05) is 19.6 Å². The quantitative estimate of drug-likeness (QED) is 0.665. The molecule has 1 fully saturated rings. The third-order valence-corrected chi connectivity index (χ3v) is 2.70. The van der Waals surface area contributed by atoms with Gasteiger partial charge in [-0.25, -0.2) is 0 Å². The summed E-state index contributed by atoms with van der Waals surface area (Å²) in [7, 11) is 0. The molecule has 0 aromatic carbocycles. The highest BCUT2D eigenvalue weighted by Crippen LogP contribution is 2.18. The molecule has 1 atom stereocenters. The van der Waals surface area contributed by atoms with Crippen molar-refractivity contribution in [1.29, 1.82) is 0 Å². The van der Waals surface area contributed by atoms with Crippen LogP contribution in [0.3, 0.4) is 0 Å². The topological polar surface area (TPSA) is 32.3 Å². The van der Waals surface area contributed by atoms with Crippen LogP contribution >= 0.6 is 0 Å². The van der Waals surface area contributed by atoms with Crippen molar-refractivity contribution in [3.8, 4) is 12.3 Å². The van der Waals surface area contributed by atoms with Gasteiger partial charge in [-0.2, -0.15) is 0 Å². The highest BCUT2D eigenvalue weighted by atomic mass is 16.2. The Balaban J connectivity index is 2.29. The monoisotopic (exact) mass is 194 g/mol. The molecule has 1 aliphatic rings. The number of carbonyl (C=O) groups is 1. The normalized spacial score (nSPS) is 21.9. The summed E-state index contributed by atoms with van der Waals surface area (Å²) in [5.41, 5.74) is 0. The summed E-state index contributed by atoms with van der Waals surface area (Å²) in [6.45, 7) is 4.05. The van der Waals surface area contributed by atoms with Gasteiger partial charge in [0.15, 0.2) is 0 Å². The molecule has 0 aromatic rings. The van der Waals surface area contributed by atoms with E-state index in [0.29, 0.717) is 19.1 Å². The van der Waals surface area contributed by atoms with Crippen LogP contribution in [0.1, 0.15) is 26.2 Å². The first-order valence-corrected chi connectivity index (χ1v) is 5.22. The molecule has 78 valence electrons. The molecule has 1 amide bonds. The number of rotatable bonds is 4. The van der Waals surface area contributed by atoms with Crippen molar-refractivity contribution in [3.63, 3.8) is 0 Å². The van der Waals surface area contributed by atoms with Crippen molar-refractivity contribution in [1.82, 2.24) is 10.2 Å². The summed E-state index contributed by atoms with van der Waals surface area (Å²) >= 11 is 0. The minimum absolute atomic E-state index is 0.0447. The van der Waals surface area contributed by atoms with Crippen LogP contribution in [-0.2, 0) is 4.79 Å². The number of likely N-dealkylation sites (tertiary alicyclic amines) is 1. The second-order valence-electron chi connectivity index (χ2n) is 3.66. The van der Waals surface area contributed by atoms with Crippen molar-refractivity contribution in [2.24, 2.45) is 0 Å². The summed E-state index contributed by atoms with van der Waals surface area (Å²) in [5.74, 6) is 2.44. The molecule has 3 heteroatoms. The number of nitrogens with zero attached hydrogens (tertiary/aromatic N) is 1. The number of terminal acetylenes is 1. The van der Waals surface area contributed by atoms with Gasteiger partial charge in [-0.3, -0.25) is 9.69 Å². The van der Waals surface area contributed by atoms with Gasteiger partial charge in [-0.15, -0.1) is 6.42 Å². The lowest BCUT2D eigenvalue weighted by molar-refractivity contribution is -0.122. The van der Waals surface area contributed by atoms with E-state index in [2.05, 4.69) is 23.1 Å². The van der Waals surface area contributed by atoms with Crippen LogP contribution in [0, 0.1) is 12.3 Å². The second kappa shape index (κ2) is 5.66. The number of hydrogen-bond acceptors (Lipinski definition) is 2. The molecule has 0 bridgehead atoms. The number of amides is 1. The van der Waals surface area contributed by atoms with Crippen LogP contribution < -0.4 is 5.32 Å². The number of nitrogens with one attached hydrogen (secondary N) is 1. The van der Waals surface area contributed by atoms with E-state index >= 15 is 0 Å². The van der Waals surface area contributed by atoms with E-state index in [4.69, 9.17) is 6.42 Å². The van der Waals surface area contributed by atoms with Crippen LogP contribution in [-0.4, -0.2) is 36.5 Å². The predicted molar refractivity (Wildman–Crippen MR) is 56.7 cm³/mol. The second-order valence-corrected chi connectivity index (χ2v) is 3.66. The Morgan fingerprint density at radius 3 is 3.14 bits per heavy atom. The van der Waals surface area contributed by atoms with Gasteiger partial charge < -0.3 is 5.32 Å². The van der Waals surface area contributed by atoms with E-state index in [0.717, 1.165) is 13.0 Å². The zero-order valence-corrected chi connectivity index (χ0v) is 8.75. The molecule has 1 saturated heterocycles. The van der Waals surface area contributed by atoms with E-state index in [-0.39, 0.29) is 5.91 Å². The molecule has 0 aliphatic carbocycles. The molecule has 1 heterocycles. The van der Waals surface area contributed by atoms with Crippen LogP contribution in [0.4, 0.5) is 0 Å². The maximum Gasteiger partial charge on any atom is 0.234 e. The third-order valence-electron chi connectivity index (χ3n) is 2.70. The summed E-state index contributed by atoms with van der Waals surface area (Å²) in [6, 6.07) is 0.589. The van der Waals surface area contributed by atoms with Crippen LogP contribution in [0.5, 0.6) is 0 Å². The van der Waals surface area contributed by atoms with E-state index < -0.39 is 0 Å². The molecule has 0 saturated carbocycles. The predicted octanol–water partition coefficient (Wildman–Crippen LogP) is 0.610. The zero-order valence-electron chi connectivity index (χ0n) is 8.75. The fraction of sp³-hybridized carbons (Fsp3) is 0.727. The molecule has 1 rings (SSSR count). The molecule has 0 aromatic heterocycles. The Hall–Kier alpha value is -1.01. The summed E-state index contributed by atoms with van der Waals surface area (Å²) in [4.78, 5) is 13.6. The van der Waals surface area contributed by atoms with Crippen molar-refractivity contribution in [3.05, 3.63) is 0 Å². The Labute approximate surface area is 85.9 Å². The molecule has 1 aliphatic heterocycles. The van der Waals surface area contributed by atoms with E-state index in [1.54, 1.807) is 0 Å². The zero-order chi connectivity index (χ0) is 10.4. The number of hydrogen-bond donors (Lipinski definition) is 1. The molecule has 3 nitrogen and oxygen atoms in total. The van der Waals surface area contributed by atoms with Crippen molar-refractivity contribution in [2.45, 2.75) is 32.2 Å². The van der Waals surface area contributed by atoms with Gasteiger partial charge >= 0.3 is 0 Å². The highest BCUT2D eigenvalue weighted by Gasteiger charge is 2.24. The van der Waals surface area contributed by atoms with Gasteiger partial charge in [0, 0.05) is 6.04 Å². The lowest BCUT2D eigenvalue weighted by Gasteiger charge is -2.22. The van der Waals surface area contributed by atoms with Crippen molar-refractivity contribution >= 4 is 5.91 Å². The molecule has 0 radical (unpaired) electrons. The van der Waals surface area contributed by atoms with Crippen LogP contribution in [0.2, 0.25) is 0 Å². The molecule has 14 heavy (non-hydrogen) atoms. The van der Waals surface area contributed by atoms with E-state index in [9.17, 15) is 4.79 Å². The smallest absolute Gasteiger partial charge is 0.234 e. The molecular formula is C11H18N2O. The van der Waals surface area contributed by atoms with Crippen LogP contribution in [0.15, 0.2) is 0 Å². The minimum Gasteiger partial charge on any atom is -0.344 e. The first kappa shape index (κ1) is 11.1. The molecular weight excluding hydrogens is 176 g/mol. The standard InChI is InChI=1S/C11H18N2O/c1-3-7-12-11(14)9-13-8-5-6-10(13)4-2/h1,10H,4-9H2,2H3,(H,12,14). The van der Waals surface area contributed by atoms with Gasteiger partial charge in [0.1, 0.15) is 0 Å². The van der Waals surface area contributed by atoms with Crippen molar-refractivity contribution < 1.29 is 4.79 Å². The lowest BCUT2D eigenvalue weighted by Crippen LogP contribution is -2.39. The summed E-state index contributed by atoms with van der Waals surface area (Å²) in [5, 5.41) is 2.69. The van der Waals surface area contributed by atoms with Gasteiger partial charge in [0.25, 0.3) is 0 Å². The van der Waals surface area contributed by atoms with Crippen LogP contribution in [0.25, 0.3) is 0 Å². The largest absolute Gasteiger partial charge is 0.344 e. The number of carbonyl (C=O) groups excluding carboxylic acids is 1. The fourth-order valence-corrected chi connectivity index (χ4v) is 1.96. The van der Waals surface area contributed by atoms with E-state index in [1.807, 2.05) is 0 Å². The van der Waals surface area contributed by atoms with Gasteiger partial charge in [-0.05, 0) is 25.8 Å². The molecule has 1 N–H and O–H groups in total. The Kier molecular flexibility index (Phi) is 4.48. The Morgan fingerprint density at radius 2 is 2.50 bits per heavy atom. The van der Waals surface area contributed by atoms with Gasteiger partial charge in [-0.1, -0.05) is 12.8 Å². The van der Waals surface area contributed by atoms with E-state index in [1.165, 1.54) is 12.8 Å². The maximum atomic E-state index is 11.4.